The van der Waals surface area contributed by atoms with Gasteiger partial charge < -0.3 is 16.0 Å². The smallest absolute Gasteiger partial charge is 0.225 e. The molecule has 8 heteroatoms. The molecule has 2 atom stereocenters. The molecule has 1 aliphatic carbocycles. The molecule has 1 heterocycles. The van der Waals surface area contributed by atoms with E-state index < -0.39 is 0 Å². The SMILES string of the molecule is CC(=O)N1CCN(CCNC(=O)C2CCCCC2(C)N)CC1.Cl.Cl. The maximum atomic E-state index is 12.3. The number of nitrogens with one attached hydrogen (secondary N) is 1. The molecule has 1 saturated heterocycles. The van der Waals surface area contributed by atoms with Crippen LogP contribution in [0.15, 0.2) is 0 Å². The molecule has 0 aromatic rings. The lowest BCUT2D eigenvalue weighted by atomic mass is 9.74. The number of piperazine rings is 1. The van der Waals surface area contributed by atoms with Crippen molar-refractivity contribution in [3.8, 4) is 0 Å². The summed E-state index contributed by atoms with van der Waals surface area (Å²) in [5.74, 6) is 0.190. The molecule has 1 aliphatic heterocycles. The topological polar surface area (TPSA) is 78.7 Å². The van der Waals surface area contributed by atoms with E-state index in [0.29, 0.717) is 6.54 Å². The lowest BCUT2D eigenvalue weighted by molar-refractivity contribution is -0.130. The Balaban J connectivity index is 0.00000264. The second kappa shape index (κ2) is 10.4. The molecule has 0 spiro atoms. The number of nitrogens with two attached hydrogens (primary N) is 1. The van der Waals surface area contributed by atoms with Crippen molar-refractivity contribution in [2.75, 3.05) is 39.3 Å². The van der Waals surface area contributed by atoms with E-state index in [-0.39, 0.29) is 48.1 Å². The van der Waals surface area contributed by atoms with Gasteiger partial charge >= 0.3 is 0 Å². The summed E-state index contributed by atoms with van der Waals surface area (Å²) < 4.78 is 0. The number of carbonyl (C=O) groups is 2. The minimum absolute atomic E-state index is 0. The van der Waals surface area contributed by atoms with E-state index in [4.69, 9.17) is 5.73 Å². The monoisotopic (exact) mass is 382 g/mol. The van der Waals surface area contributed by atoms with Gasteiger partial charge in [-0.05, 0) is 19.8 Å². The Morgan fingerprint density at radius 1 is 1.17 bits per heavy atom. The summed E-state index contributed by atoms with van der Waals surface area (Å²) in [4.78, 5) is 27.8. The molecule has 24 heavy (non-hydrogen) atoms. The Morgan fingerprint density at radius 3 is 2.33 bits per heavy atom. The van der Waals surface area contributed by atoms with Gasteiger partial charge in [0.1, 0.15) is 0 Å². The average molecular weight is 383 g/mol. The number of rotatable bonds is 4. The minimum atomic E-state index is -0.366. The van der Waals surface area contributed by atoms with Gasteiger partial charge in [0.25, 0.3) is 0 Å². The zero-order valence-electron chi connectivity index (χ0n) is 14.8. The maximum absolute atomic E-state index is 12.3. The summed E-state index contributed by atoms with van der Waals surface area (Å²) in [6, 6.07) is 0. The molecule has 0 aromatic heterocycles. The van der Waals surface area contributed by atoms with Crippen LogP contribution in [0.1, 0.15) is 39.5 Å². The van der Waals surface area contributed by atoms with Crippen molar-refractivity contribution < 1.29 is 9.59 Å². The second-order valence-corrected chi connectivity index (χ2v) is 6.94. The molecule has 2 aliphatic rings. The summed E-state index contributed by atoms with van der Waals surface area (Å²) in [6.07, 6.45) is 4.04. The van der Waals surface area contributed by atoms with E-state index in [0.717, 1.165) is 58.4 Å². The van der Waals surface area contributed by atoms with Crippen molar-refractivity contribution in [2.45, 2.75) is 45.1 Å². The highest BCUT2D eigenvalue weighted by Crippen LogP contribution is 2.31. The van der Waals surface area contributed by atoms with Crippen molar-refractivity contribution in [1.29, 1.82) is 0 Å². The Labute approximate surface area is 157 Å². The summed E-state index contributed by atoms with van der Waals surface area (Å²) >= 11 is 0. The second-order valence-electron chi connectivity index (χ2n) is 6.94. The van der Waals surface area contributed by atoms with Crippen LogP contribution in [0.5, 0.6) is 0 Å². The van der Waals surface area contributed by atoms with Crippen molar-refractivity contribution in [2.24, 2.45) is 11.7 Å². The number of hydrogen-bond donors (Lipinski definition) is 2. The number of hydrogen-bond acceptors (Lipinski definition) is 4. The zero-order chi connectivity index (χ0) is 16.2. The van der Waals surface area contributed by atoms with Gasteiger partial charge in [0.05, 0.1) is 5.92 Å². The number of amides is 2. The van der Waals surface area contributed by atoms with Crippen molar-refractivity contribution in [1.82, 2.24) is 15.1 Å². The van der Waals surface area contributed by atoms with Crippen LogP contribution < -0.4 is 11.1 Å². The fourth-order valence-corrected chi connectivity index (χ4v) is 3.54. The highest BCUT2D eigenvalue weighted by molar-refractivity contribution is 5.85. The Morgan fingerprint density at radius 2 is 1.79 bits per heavy atom. The van der Waals surface area contributed by atoms with E-state index in [1.54, 1.807) is 6.92 Å². The van der Waals surface area contributed by atoms with Gasteiger partial charge in [0.15, 0.2) is 0 Å². The molecule has 142 valence electrons. The minimum Gasteiger partial charge on any atom is -0.355 e. The Bertz CT molecular complexity index is 413. The molecule has 2 fully saturated rings. The molecule has 1 saturated carbocycles. The number of halogens is 2. The molecule has 2 rings (SSSR count). The van der Waals surface area contributed by atoms with Crippen LogP contribution in [0.2, 0.25) is 0 Å². The van der Waals surface area contributed by atoms with Crippen LogP contribution in [-0.4, -0.2) is 66.4 Å². The molecule has 3 N–H and O–H groups in total. The van der Waals surface area contributed by atoms with Gasteiger partial charge in [-0.1, -0.05) is 12.8 Å². The van der Waals surface area contributed by atoms with Gasteiger partial charge in [0, 0.05) is 51.7 Å². The van der Waals surface area contributed by atoms with Crippen LogP contribution in [0.4, 0.5) is 0 Å². The molecule has 6 nitrogen and oxygen atoms in total. The van der Waals surface area contributed by atoms with E-state index >= 15 is 0 Å². The highest BCUT2D eigenvalue weighted by atomic mass is 35.5. The van der Waals surface area contributed by atoms with Gasteiger partial charge in [-0.2, -0.15) is 0 Å². The summed E-state index contributed by atoms with van der Waals surface area (Å²) in [6.45, 7) is 8.44. The molecule has 0 bridgehead atoms. The van der Waals surface area contributed by atoms with E-state index in [2.05, 4.69) is 10.2 Å². The summed E-state index contributed by atoms with van der Waals surface area (Å²) in [5.41, 5.74) is 5.91. The predicted octanol–water partition coefficient (Wildman–Crippen LogP) is 1.02. The van der Waals surface area contributed by atoms with Gasteiger partial charge in [-0.25, -0.2) is 0 Å². The Kier molecular flexibility index (Phi) is 10.2. The van der Waals surface area contributed by atoms with Gasteiger partial charge in [-0.15, -0.1) is 24.8 Å². The van der Waals surface area contributed by atoms with Crippen LogP contribution in [0, 0.1) is 5.92 Å². The summed E-state index contributed by atoms with van der Waals surface area (Å²) in [7, 11) is 0. The van der Waals surface area contributed by atoms with Crippen LogP contribution in [-0.2, 0) is 9.59 Å². The fourth-order valence-electron chi connectivity index (χ4n) is 3.54. The van der Waals surface area contributed by atoms with Crippen LogP contribution >= 0.6 is 24.8 Å². The largest absolute Gasteiger partial charge is 0.355 e. The maximum Gasteiger partial charge on any atom is 0.225 e. The molecule has 2 unspecified atom stereocenters. The molecular formula is C16H32Cl2N4O2. The first kappa shape index (κ1) is 23.4. The van der Waals surface area contributed by atoms with Gasteiger partial charge in [0.2, 0.25) is 11.8 Å². The first-order valence-corrected chi connectivity index (χ1v) is 8.44. The third-order valence-electron chi connectivity index (χ3n) is 5.12. The standard InChI is InChI=1S/C16H30N4O2.2ClH/c1-13(21)20-11-9-19(10-12-20)8-7-18-15(22)14-5-3-4-6-16(14,2)17;;/h14H,3-12,17H2,1-2H3,(H,18,22);2*1H. The summed E-state index contributed by atoms with van der Waals surface area (Å²) in [5, 5.41) is 3.05. The number of nitrogens with zero attached hydrogens (tertiary/aromatic N) is 2. The normalized spacial score (nSPS) is 27.6. The van der Waals surface area contributed by atoms with Crippen molar-refractivity contribution >= 4 is 36.6 Å². The van der Waals surface area contributed by atoms with E-state index in [1.807, 2.05) is 11.8 Å². The quantitative estimate of drug-likeness (QED) is 0.760. The first-order chi connectivity index (χ1) is 10.4. The third kappa shape index (κ3) is 6.39. The molecule has 0 aromatic carbocycles. The lowest BCUT2D eigenvalue weighted by Gasteiger charge is -2.37. The number of carbonyl (C=O) groups excluding carboxylic acids is 2. The molecular weight excluding hydrogens is 351 g/mol. The zero-order valence-corrected chi connectivity index (χ0v) is 16.4. The lowest BCUT2D eigenvalue weighted by Crippen LogP contribution is -2.54. The fraction of sp³-hybridized carbons (Fsp3) is 0.875. The Hall–Kier alpha value is -0.560. The third-order valence-corrected chi connectivity index (χ3v) is 5.12. The molecule has 2 amide bonds. The highest BCUT2D eigenvalue weighted by Gasteiger charge is 2.37. The average Bonchev–Trinajstić information content (AvgIpc) is 2.47. The van der Waals surface area contributed by atoms with Crippen LogP contribution in [0.25, 0.3) is 0 Å². The first-order valence-electron chi connectivity index (χ1n) is 8.44. The predicted molar refractivity (Wildman–Crippen MR) is 101 cm³/mol. The van der Waals surface area contributed by atoms with E-state index in [9.17, 15) is 9.59 Å². The van der Waals surface area contributed by atoms with Crippen LogP contribution in [0.3, 0.4) is 0 Å². The van der Waals surface area contributed by atoms with E-state index in [1.165, 1.54) is 0 Å². The van der Waals surface area contributed by atoms with Gasteiger partial charge in [-0.3, -0.25) is 14.5 Å². The molecule has 0 radical (unpaired) electrons. The van der Waals surface area contributed by atoms with Crippen molar-refractivity contribution in [3.05, 3.63) is 0 Å². The van der Waals surface area contributed by atoms with Crippen molar-refractivity contribution in [3.63, 3.8) is 0 Å².